The molecule has 10 nitrogen and oxygen atoms in total. The smallest absolute Gasteiger partial charge is 0.217 e. The molecule has 0 radical (unpaired) electrons. The van der Waals surface area contributed by atoms with Gasteiger partial charge in [-0.3, -0.25) is 10.2 Å². The fourth-order valence-corrected chi connectivity index (χ4v) is 2.18. The first-order chi connectivity index (χ1) is 10.5. The van der Waals surface area contributed by atoms with Crippen molar-refractivity contribution in [1.82, 2.24) is 10.7 Å². The number of unbranched alkanes of at least 4 members (excludes halogenated alkanes) is 1. The second kappa shape index (κ2) is 9.64. The van der Waals surface area contributed by atoms with Gasteiger partial charge in [0.05, 0.1) is 6.61 Å². The summed E-state index contributed by atoms with van der Waals surface area (Å²) in [5.41, 5.74) is 10.8. The van der Waals surface area contributed by atoms with Crippen LogP contribution in [-0.4, -0.2) is 71.6 Å². The van der Waals surface area contributed by atoms with Crippen molar-refractivity contribution in [2.24, 2.45) is 0 Å². The van der Waals surface area contributed by atoms with E-state index in [9.17, 15) is 15.0 Å². The number of aliphatic hydroxyl groups is 3. The van der Waals surface area contributed by atoms with Crippen LogP contribution in [0.4, 0.5) is 0 Å². The maximum Gasteiger partial charge on any atom is 0.217 e. The Balaban J connectivity index is 2.53. The van der Waals surface area contributed by atoms with E-state index in [4.69, 9.17) is 20.1 Å². The number of hydrogen-bond donors (Lipinski definition) is 6. The fourth-order valence-electron chi connectivity index (χ4n) is 2.18. The highest BCUT2D eigenvalue weighted by molar-refractivity contribution is 5.73. The van der Waals surface area contributed by atoms with E-state index in [0.717, 1.165) is 0 Å². The van der Waals surface area contributed by atoms with Crippen LogP contribution in [0.15, 0.2) is 0 Å². The van der Waals surface area contributed by atoms with Gasteiger partial charge < -0.3 is 30.1 Å². The monoisotopic (exact) mass is 320 g/mol. The average molecular weight is 320 g/mol. The zero-order valence-corrected chi connectivity index (χ0v) is 12.4. The summed E-state index contributed by atoms with van der Waals surface area (Å²) in [5, 5.41) is 33.3. The normalized spacial score (nSPS) is 31.5. The van der Waals surface area contributed by atoms with Gasteiger partial charge in [0.15, 0.2) is 6.29 Å². The average Bonchev–Trinajstić information content (AvgIpc) is 2.49. The van der Waals surface area contributed by atoms with E-state index < -0.39 is 43.2 Å². The van der Waals surface area contributed by atoms with Crippen molar-refractivity contribution in [3.05, 3.63) is 5.53 Å². The molecule has 1 fully saturated rings. The van der Waals surface area contributed by atoms with Crippen LogP contribution in [0.3, 0.4) is 0 Å². The van der Waals surface area contributed by atoms with E-state index in [-0.39, 0.29) is 6.61 Å². The minimum Gasteiger partial charge on any atom is -0.394 e. The summed E-state index contributed by atoms with van der Waals surface area (Å²) in [6, 6.07) is -0.924. The van der Waals surface area contributed by atoms with Crippen LogP contribution >= 0.6 is 0 Å². The minimum absolute atomic E-state index is 0.287. The summed E-state index contributed by atoms with van der Waals surface area (Å²) >= 11 is 0. The predicted molar refractivity (Wildman–Crippen MR) is 72.9 cm³/mol. The number of carbonyl (C=O) groups is 1. The lowest BCUT2D eigenvalue weighted by molar-refractivity contribution is -0.548. The van der Waals surface area contributed by atoms with Gasteiger partial charge in [-0.15, -0.1) is 0 Å². The first-order valence-electron chi connectivity index (χ1n) is 7.14. The first-order valence-corrected chi connectivity index (χ1v) is 7.14. The van der Waals surface area contributed by atoms with Gasteiger partial charge in [-0.2, -0.15) is 10.8 Å². The van der Waals surface area contributed by atoms with Gasteiger partial charge in [0, 0.05) is 13.5 Å². The lowest BCUT2D eigenvalue weighted by Gasteiger charge is -2.42. The highest BCUT2D eigenvalue weighted by Gasteiger charge is 2.45. The Labute approximate surface area is 128 Å². The molecule has 22 heavy (non-hydrogen) atoms. The second-order valence-corrected chi connectivity index (χ2v) is 5.05. The number of nitrogens with zero attached hydrogens (tertiary/aromatic N) is 1. The molecular formula is C12H24N4O6. The molecule has 5 atom stereocenters. The molecule has 1 aliphatic rings. The number of nitrogens with one attached hydrogen (secondary N) is 3. The molecule has 0 aromatic heterocycles. The molecule has 0 aromatic carbocycles. The molecule has 1 amide bonds. The van der Waals surface area contributed by atoms with Crippen LogP contribution in [0.1, 0.15) is 19.8 Å². The van der Waals surface area contributed by atoms with Crippen molar-refractivity contribution in [2.45, 2.75) is 50.4 Å². The zero-order chi connectivity index (χ0) is 16.5. The molecule has 5 unspecified atom stereocenters. The van der Waals surface area contributed by atoms with E-state index in [1.165, 1.54) is 6.92 Å². The van der Waals surface area contributed by atoms with E-state index in [0.29, 0.717) is 19.4 Å². The topological polar surface area (TPSA) is 157 Å². The standard InChI is InChI=1S/C12H24N4O6/c1-7(18)15-9-11(20)10(19)8(6-17)22-12(9)21-5-3-2-4-14-16-13/h8-12,16-17,19-20H,2-6H2,1H3,(H2-,13,14,15,18). The van der Waals surface area contributed by atoms with E-state index in [2.05, 4.69) is 10.7 Å². The largest absolute Gasteiger partial charge is 0.394 e. The van der Waals surface area contributed by atoms with Gasteiger partial charge in [-0.1, -0.05) is 0 Å². The van der Waals surface area contributed by atoms with Crippen LogP contribution < -0.4 is 16.0 Å². The Bertz CT molecular complexity index is 359. The third kappa shape index (κ3) is 5.46. The maximum atomic E-state index is 11.2. The van der Waals surface area contributed by atoms with Gasteiger partial charge in [-0.25, -0.2) is 0 Å². The molecule has 0 bridgehead atoms. The van der Waals surface area contributed by atoms with Crippen molar-refractivity contribution in [1.29, 1.82) is 0 Å². The van der Waals surface area contributed by atoms with Crippen molar-refractivity contribution < 1.29 is 34.8 Å². The van der Waals surface area contributed by atoms with Gasteiger partial charge in [0.1, 0.15) is 24.4 Å². The SMILES string of the molecule is CC(=O)NC1C(OCCCCN[NH+]=[N-])OC(CO)C(O)C1O. The van der Waals surface area contributed by atoms with Crippen molar-refractivity contribution in [2.75, 3.05) is 19.8 Å². The van der Waals surface area contributed by atoms with Gasteiger partial charge in [0.25, 0.3) is 0 Å². The summed E-state index contributed by atoms with van der Waals surface area (Å²) in [7, 11) is 0. The molecule has 1 aliphatic heterocycles. The molecular weight excluding hydrogens is 296 g/mol. The molecule has 0 spiro atoms. The van der Waals surface area contributed by atoms with Gasteiger partial charge >= 0.3 is 0 Å². The van der Waals surface area contributed by atoms with Crippen molar-refractivity contribution in [3.63, 3.8) is 0 Å². The molecule has 0 aromatic rings. The highest BCUT2D eigenvalue weighted by atomic mass is 16.7. The lowest BCUT2D eigenvalue weighted by atomic mass is 9.97. The Morgan fingerprint density at radius 1 is 1.36 bits per heavy atom. The van der Waals surface area contributed by atoms with Crippen molar-refractivity contribution in [3.8, 4) is 0 Å². The van der Waals surface area contributed by atoms with Crippen LogP contribution in [0.25, 0.3) is 5.53 Å². The zero-order valence-electron chi connectivity index (χ0n) is 12.4. The van der Waals surface area contributed by atoms with Crippen molar-refractivity contribution >= 4 is 5.91 Å². The quantitative estimate of drug-likeness (QED) is 0.145. The third-order valence-corrected chi connectivity index (χ3v) is 3.31. The van der Waals surface area contributed by atoms with Gasteiger partial charge in [0.2, 0.25) is 5.91 Å². The molecule has 1 rings (SSSR count). The molecule has 1 heterocycles. The summed E-state index contributed by atoms with van der Waals surface area (Å²) < 4.78 is 10.9. The highest BCUT2D eigenvalue weighted by Crippen LogP contribution is 2.22. The van der Waals surface area contributed by atoms with E-state index in [1.54, 1.807) is 0 Å². The third-order valence-electron chi connectivity index (χ3n) is 3.31. The molecule has 1 saturated heterocycles. The Morgan fingerprint density at radius 3 is 2.68 bits per heavy atom. The van der Waals surface area contributed by atoms with Crippen LogP contribution in [0, 0.1) is 0 Å². The van der Waals surface area contributed by atoms with E-state index >= 15 is 0 Å². The molecule has 128 valence electrons. The second-order valence-electron chi connectivity index (χ2n) is 5.05. The number of rotatable bonds is 9. The number of carbonyl (C=O) groups excluding carboxylic acids is 1. The molecule has 6 N–H and O–H groups in total. The number of hydrazine groups is 1. The number of aliphatic hydroxyl groups excluding tert-OH is 3. The Hall–Kier alpha value is -1.33. The van der Waals surface area contributed by atoms with E-state index in [1.807, 2.05) is 5.22 Å². The molecule has 0 saturated carbocycles. The minimum atomic E-state index is -1.32. The number of amides is 1. The lowest BCUT2D eigenvalue weighted by Crippen LogP contribution is -2.75. The van der Waals surface area contributed by atoms with Crippen LogP contribution in [0.5, 0.6) is 0 Å². The summed E-state index contributed by atoms with van der Waals surface area (Å²) in [6.45, 7) is 1.62. The summed E-state index contributed by atoms with van der Waals surface area (Å²) in [5.74, 6) is -0.394. The van der Waals surface area contributed by atoms with Crippen LogP contribution in [0.2, 0.25) is 0 Å². The Morgan fingerprint density at radius 2 is 2.09 bits per heavy atom. The summed E-state index contributed by atoms with van der Waals surface area (Å²) in [6.07, 6.45) is -3.22. The Kier molecular flexibility index (Phi) is 8.20. The molecule has 0 aliphatic carbocycles. The first kappa shape index (κ1) is 18.7. The fraction of sp³-hybridized carbons (Fsp3) is 0.917. The predicted octanol–water partition coefficient (Wildman–Crippen LogP) is -3.67. The number of ether oxygens (including phenoxy) is 2. The van der Waals surface area contributed by atoms with Gasteiger partial charge in [-0.05, 0) is 19.4 Å². The molecule has 10 heteroatoms. The van der Waals surface area contributed by atoms with Crippen LogP contribution in [-0.2, 0) is 14.3 Å². The maximum absolute atomic E-state index is 11.2. The number of hydrogen-bond acceptors (Lipinski definition) is 6. The summed E-state index contributed by atoms with van der Waals surface area (Å²) in [4.78, 5) is 11.2.